The van der Waals surface area contributed by atoms with Gasteiger partial charge in [0, 0.05) is 18.3 Å². The summed E-state index contributed by atoms with van der Waals surface area (Å²) in [6, 6.07) is 6.65. The van der Waals surface area contributed by atoms with Crippen LogP contribution in [0.1, 0.15) is 17.5 Å². The van der Waals surface area contributed by atoms with Gasteiger partial charge in [-0.25, -0.2) is 0 Å². The average molecular weight is 281 g/mol. The number of benzene rings is 1. The van der Waals surface area contributed by atoms with Gasteiger partial charge in [0.1, 0.15) is 18.5 Å². The van der Waals surface area contributed by atoms with Crippen LogP contribution in [-0.4, -0.2) is 41.9 Å². The van der Waals surface area contributed by atoms with E-state index < -0.39 is 6.10 Å². The maximum atomic E-state index is 9.92. The molecule has 1 aliphatic rings. The number of aliphatic hydroxyl groups excluding tert-OH is 1. The Bertz CT molecular complexity index is 405. The second kappa shape index (κ2) is 7.17. The zero-order valence-corrected chi connectivity index (χ0v) is 12.5. The van der Waals surface area contributed by atoms with Gasteiger partial charge < -0.3 is 15.2 Å². The fourth-order valence-electron chi connectivity index (χ4n) is 2.20. The Balaban J connectivity index is 1.71. The summed E-state index contributed by atoms with van der Waals surface area (Å²) in [7, 11) is 0. The molecule has 3 nitrogen and oxygen atoms in total. The molecule has 0 aliphatic carbocycles. The Morgan fingerprint density at radius 2 is 2.32 bits per heavy atom. The molecule has 0 saturated carbocycles. The van der Waals surface area contributed by atoms with E-state index in [-0.39, 0.29) is 0 Å². The van der Waals surface area contributed by atoms with Crippen molar-refractivity contribution < 1.29 is 9.84 Å². The van der Waals surface area contributed by atoms with Crippen LogP contribution in [0.5, 0.6) is 5.75 Å². The number of thioether (sulfide) groups is 1. The fraction of sp³-hybridized carbons (Fsp3) is 0.600. The third kappa shape index (κ3) is 4.71. The van der Waals surface area contributed by atoms with E-state index in [2.05, 4.69) is 18.3 Å². The van der Waals surface area contributed by atoms with E-state index in [0.29, 0.717) is 19.2 Å². The topological polar surface area (TPSA) is 41.5 Å². The summed E-state index contributed by atoms with van der Waals surface area (Å²) < 4.78 is 5.67. The molecule has 0 radical (unpaired) electrons. The standard InChI is InChI=1S/C15H23NO2S/c1-11-3-4-15(12(2)7-11)18-9-14(17)8-16-13-5-6-19-10-13/h3-4,7,13-14,16-17H,5-6,8-10H2,1-2H3. The molecule has 1 aliphatic heterocycles. The van der Waals surface area contributed by atoms with Crippen LogP contribution in [0.25, 0.3) is 0 Å². The normalized spacial score (nSPS) is 20.5. The molecule has 1 heterocycles. The van der Waals surface area contributed by atoms with Crippen molar-refractivity contribution in [2.45, 2.75) is 32.4 Å². The van der Waals surface area contributed by atoms with E-state index in [0.717, 1.165) is 17.1 Å². The number of hydrogen-bond acceptors (Lipinski definition) is 4. The minimum Gasteiger partial charge on any atom is -0.491 e. The summed E-state index contributed by atoms with van der Waals surface area (Å²) in [5.74, 6) is 3.25. The second-order valence-corrected chi connectivity index (χ2v) is 6.35. The zero-order valence-electron chi connectivity index (χ0n) is 11.7. The van der Waals surface area contributed by atoms with Crippen LogP contribution in [0.15, 0.2) is 18.2 Å². The highest BCUT2D eigenvalue weighted by atomic mass is 32.2. The third-order valence-corrected chi connectivity index (χ3v) is 4.50. The third-order valence-electron chi connectivity index (χ3n) is 3.33. The predicted molar refractivity (Wildman–Crippen MR) is 81.2 cm³/mol. The number of ether oxygens (including phenoxy) is 1. The van der Waals surface area contributed by atoms with Crippen LogP contribution in [-0.2, 0) is 0 Å². The van der Waals surface area contributed by atoms with Gasteiger partial charge in [0.05, 0.1) is 0 Å². The van der Waals surface area contributed by atoms with Gasteiger partial charge in [-0.3, -0.25) is 0 Å². The van der Waals surface area contributed by atoms with E-state index in [1.807, 2.05) is 30.8 Å². The molecule has 0 spiro atoms. The Morgan fingerprint density at radius 1 is 1.47 bits per heavy atom. The summed E-state index contributed by atoms with van der Waals surface area (Å²) in [6.45, 7) is 5.05. The molecule has 4 heteroatoms. The summed E-state index contributed by atoms with van der Waals surface area (Å²) >= 11 is 1.97. The van der Waals surface area contributed by atoms with E-state index in [4.69, 9.17) is 4.74 Å². The lowest BCUT2D eigenvalue weighted by molar-refractivity contribution is 0.104. The number of hydrogen-bond donors (Lipinski definition) is 2. The highest BCUT2D eigenvalue weighted by Crippen LogP contribution is 2.19. The molecular weight excluding hydrogens is 258 g/mol. The molecule has 0 amide bonds. The molecule has 19 heavy (non-hydrogen) atoms. The minimum absolute atomic E-state index is 0.344. The second-order valence-electron chi connectivity index (χ2n) is 5.20. The Labute approximate surface area is 119 Å². The Hall–Kier alpha value is -0.710. The van der Waals surface area contributed by atoms with Crippen LogP contribution < -0.4 is 10.1 Å². The van der Waals surface area contributed by atoms with Crippen molar-refractivity contribution >= 4 is 11.8 Å². The lowest BCUT2D eigenvalue weighted by atomic mass is 10.1. The fourth-order valence-corrected chi connectivity index (χ4v) is 3.39. The van der Waals surface area contributed by atoms with E-state index in [1.165, 1.54) is 17.7 Å². The first kappa shape index (κ1) is 14.7. The molecule has 0 aromatic heterocycles. The quantitative estimate of drug-likeness (QED) is 0.838. The van der Waals surface area contributed by atoms with Crippen LogP contribution in [0.3, 0.4) is 0 Å². The Kier molecular flexibility index (Phi) is 5.55. The number of rotatable bonds is 6. The van der Waals surface area contributed by atoms with E-state index >= 15 is 0 Å². The lowest BCUT2D eigenvalue weighted by Crippen LogP contribution is -2.38. The van der Waals surface area contributed by atoms with Gasteiger partial charge in [0.25, 0.3) is 0 Å². The Morgan fingerprint density at radius 3 is 3.00 bits per heavy atom. The van der Waals surface area contributed by atoms with Crippen molar-refractivity contribution in [2.24, 2.45) is 0 Å². The molecule has 1 saturated heterocycles. The summed E-state index contributed by atoms with van der Waals surface area (Å²) in [5, 5.41) is 13.3. The molecule has 1 aromatic carbocycles. The number of aryl methyl sites for hydroxylation is 2. The van der Waals surface area contributed by atoms with Crippen LogP contribution in [0.4, 0.5) is 0 Å². The van der Waals surface area contributed by atoms with Crippen molar-refractivity contribution in [1.29, 1.82) is 0 Å². The first-order valence-electron chi connectivity index (χ1n) is 6.84. The maximum absolute atomic E-state index is 9.92. The molecular formula is C15H23NO2S. The van der Waals surface area contributed by atoms with Crippen molar-refractivity contribution in [3.05, 3.63) is 29.3 Å². The minimum atomic E-state index is -0.452. The molecule has 2 unspecified atom stereocenters. The van der Waals surface area contributed by atoms with Gasteiger partial charge in [0.2, 0.25) is 0 Å². The molecule has 1 fully saturated rings. The van der Waals surface area contributed by atoms with Crippen molar-refractivity contribution in [3.8, 4) is 5.75 Å². The van der Waals surface area contributed by atoms with E-state index in [1.54, 1.807) is 0 Å². The smallest absolute Gasteiger partial charge is 0.122 e. The van der Waals surface area contributed by atoms with Crippen LogP contribution in [0, 0.1) is 13.8 Å². The number of aliphatic hydroxyl groups is 1. The molecule has 2 rings (SSSR count). The predicted octanol–water partition coefficient (Wildman–Crippen LogP) is 2.14. The molecule has 2 N–H and O–H groups in total. The molecule has 1 aromatic rings. The summed E-state index contributed by atoms with van der Waals surface area (Å²) in [4.78, 5) is 0. The lowest BCUT2D eigenvalue weighted by Gasteiger charge is -2.17. The monoisotopic (exact) mass is 281 g/mol. The molecule has 0 bridgehead atoms. The summed E-state index contributed by atoms with van der Waals surface area (Å²) in [5.41, 5.74) is 2.35. The molecule has 2 atom stereocenters. The van der Waals surface area contributed by atoms with E-state index in [9.17, 15) is 5.11 Å². The summed E-state index contributed by atoms with van der Waals surface area (Å²) in [6.07, 6.45) is 0.751. The average Bonchev–Trinajstić information content (AvgIpc) is 2.88. The first-order valence-corrected chi connectivity index (χ1v) is 8.00. The zero-order chi connectivity index (χ0) is 13.7. The number of nitrogens with one attached hydrogen (secondary N) is 1. The maximum Gasteiger partial charge on any atom is 0.122 e. The van der Waals surface area contributed by atoms with Crippen molar-refractivity contribution in [2.75, 3.05) is 24.7 Å². The van der Waals surface area contributed by atoms with Gasteiger partial charge in [-0.1, -0.05) is 17.7 Å². The molecule has 106 valence electrons. The van der Waals surface area contributed by atoms with Crippen molar-refractivity contribution in [3.63, 3.8) is 0 Å². The highest BCUT2D eigenvalue weighted by Gasteiger charge is 2.16. The van der Waals surface area contributed by atoms with Gasteiger partial charge in [0.15, 0.2) is 0 Å². The van der Waals surface area contributed by atoms with Crippen LogP contribution >= 0.6 is 11.8 Å². The van der Waals surface area contributed by atoms with Gasteiger partial charge >= 0.3 is 0 Å². The van der Waals surface area contributed by atoms with Gasteiger partial charge in [-0.2, -0.15) is 11.8 Å². The van der Waals surface area contributed by atoms with Gasteiger partial charge in [-0.05, 0) is 37.7 Å². The van der Waals surface area contributed by atoms with Gasteiger partial charge in [-0.15, -0.1) is 0 Å². The SMILES string of the molecule is Cc1ccc(OCC(O)CNC2CCSC2)c(C)c1. The first-order chi connectivity index (χ1) is 9.15. The largest absolute Gasteiger partial charge is 0.491 e. The highest BCUT2D eigenvalue weighted by molar-refractivity contribution is 7.99. The van der Waals surface area contributed by atoms with Crippen molar-refractivity contribution in [1.82, 2.24) is 5.32 Å². The van der Waals surface area contributed by atoms with Crippen LogP contribution in [0.2, 0.25) is 0 Å².